The zero-order valence-electron chi connectivity index (χ0n) is 17.9. The van der Waals surface area contributed by atoms with Crippen LogP contribution in [-0.2, 0) is 17.8 Å². The van der Waals surface area contributed by atoms with Crippen molar-refractivity contribution in [1.29, 1.82) is 0 Å². The minimum atomic E-state index is -0.385. The molecule has 0 N–H and O–H groups in total. The zero-order chi connectivity index (χ0) is 23.7. The second kappa shape index (κ2) is 9.70. The molecule has 174 valence electrons. The standard InChI is InChI=1S/C25H20Cl2N2O4S/c26-16-5-6-18(20(27)13-16)24-19-8-12-34-22(19)7-9-29(24)23(30)15-28(14-17-3-1-10-32-17)25(31)21-4-2-11-33-21/h1-6,8,10-13,24H,7,9,14-15H2. The van der Waals surface area contributed by atoms with Crippen molar-refractivity contribution in [3.05, 3.63) is 104 Å². The quantitative estimate of drug-likeness (QED) is 0.313. The highest BCUT2D eigenvalue weighted by Gasteiger charge is 2.35. The minimum absolute atomic E-state index is 0.137. The van der Waals surface area contributed by atoms with Crippen molar-refractivity contribution in [1.82, 2.24) is 9.80 Å². The van der Waals surface area contributed by atoms with Gasteiger partial charge in [-0.15, -0.1) is 11.3 Å². The second-order valence-electron chi connectivity index (χ2n) is 7.92. The topological polar surface area (TPSA) is 66.9 Å². The number of furan rings is 2. The van der Waals surface area contributed by atoms with Gasteiger partial charge in [0.05, 0.1) is 25.1 Å². The third-order valence-electron chi connectivity index (χ3n) is 5.82. The number of nitrogens with zero attached hydrogens (tertiary/aromatic N) is 2. The maximum Gasteiger partial charge on any atom is 0.290 e. The third kappa shape index (κ3) is 4.51. The number of carbonyl (C=O) groups excluding carboxylic acids is 2. The Kier molecular flexibility index (Phi) is 6.50. The van der Waals surface area contributed by atoms with E-state index in [0.717, 1.165) is 17.5 Å². The minimum Gasteiger partial charge on any atom is -0.467 e. The van der Waals surface area contributed by atoms with Gasteiger partial charge in [-0.05, 0) is 65.4 Å². The molecule has 1 aliphatic rings. The molecule has 34 heavy (non-hydrogen) atoms. The largest absolute Gasteiger partial charge is 0.467 e. The number of hydrogen-bond donors (Lipinski definition) is 0. The molecule has 1 aromatic carbocycles. The molecule has 6 nitrogen and oxygen atoms in total. The maximum absolute atomic E-state index is 13.7. The zero-order valence-corrected chi connectivity index (χ0v) is 20.3. The van der Waals surface area contributed by atoms with Crippen molar-refractivity contribution in [3.8, 4) is 0 Å². The molecule has 9 heteroatoms. The number of thiophene rings is 1. The molecular formula is C25H20Cl2N2O4S. The molecule has 0 spiro atoms. The summed E-state index contributed by atoms with van der Waals surface area (Å²) in [5.74, 6) is 0.155. The summed E-state index contributed by atoms with van der Waals surface area (Å²) in [6, 6.07) is 13.7. The van der Waals surface area contributed by atoms with E-state index in [2.05, 4.69) is 0 Å². The van der Waals surface area contributed by atoms with Gasteiger partial charge in [0.2, 0.25) is 5.91 Å². The fourth-order valence-corrected chi connectivity index (χ4v) is 5.66. The Morgan fingerprint density at radius 1 is 1.06 bits per heavy atom. The van der Waals surface area contributed by atoms with Crippen LogP contribution in [0.15, 0.2) is 75.3 Å². The number of benzene rings is 1. The van der Waals surface area contributed by atoms with Gasteiger partial charge in [0.1, 0.15) is 12.3 Å². The first-order valence-corrected chi connectivity index (χ1v) is 12.3. The van der Waals surface area contributed by atoms with Crippen LogP contribution in [0.2, 0.25) is 10.0 Å². The van der Waals surface area contributed by atoms with Crippen LogP contribution in [0, 0.1) is 0 Å². The van der Waals surface area contributed by atoms with Gasteiger partial charge in [0, 0.05) is 21.5 Å². The first-order valence-electron chi connectivity index (χ1n) is 10.7. The van der Waals surface area contributed by atoms with Gasteiger partial charge in [-0.25, -0.2) is 0 Å². The Morgan fingerprint density at radius 3 is 2.62 bits per heavy atom. The number of fused-ring (bicyclic) bond motifs is 1. The number of amides is 2. The summed E-state index contributed by atoms with van der Waals surface area (Å²) in [5.41, 5.74) is 1.84. The summed E-state index contributed by atoms with van der Waals surface area (Å²) in [5, 5.41) is 3.05. The monoisotopic (exact) mass is 514 g/mol. The van der Waals surface area contributed by atoms with Crippen LogP contribution in [0.4, 0.5) is 0 Å². The lowest BCUT2D eigenvalue weighted by Crippen LogP contribution is -2.46. The van der Waals surface area contributed by atoms with Gasteiger partial charge in [-0.2, -0.15) is 0 Å². The van der Waals surface area contributed by atoms with Crippen molar-refractivity contribution in [2.24, 2.45) is 0 Å². The van der Waals surface area contributed by atoms with Crippen LogP contribution >= 0.6 is 34.5 Å². The number of carbonyl (C=O) groups is 2. The molecule has 3 aromatic heterocycles. The predicted molar refractivity (Wildman–Crippen MR) is 130 cm³/mol. The van der Waals surface area contributed by atoms with E-state index in [1.54, 1.807) is 52.6 Å². The number of rotatable bonds is 6. The van der Waals surface area contributed by atoms with Gasteiger partial charge >= 0.3 is 0 Å². The lowest BCUT2D eigenvalue weighted by molar-refractivity contribution is -0.134. The fourth-order valence-electron chi connectivity index (χ4n) is 4.24. The average molecular weight is 515 g/mol. The number of hydrogen-bond acceptors (Lipinski definition) is 5. The number of halogens is 2. The second-order valence-corrected chi connectivity index (χ2v) is 9.77. The molecule has 1 unspecified atom stereocenters. The molecule has 1 atom stereocenters. The highest BCUT2D eigenvalue weighted by molar-refractivity contribution is 7.10. The van der Waals surface area contributed by atoms with Crippen LogP contribution < -0.4 is 0 Å². The first-order chi connectivity index (χ1) is 16.5. The Hall–Kier alpha value is -3.00. The van der Waals surface area contributed by atoms with Crippen molar-refractivity contribution in [2.45, 2.75) is 19.0 Å². The highest BCUT2D eigenvalue weighted by Crippen LogP contribution is 2.41. The van der Waals surface area contributed by atoms with E-state index >= 15 is 0 Å². The van der Waals surface area contributed by atoms with Crippen LogP contribution in [0.5, 0.6) is 0 Å². The van der Waals surface area contributed by atoms with Crippen LogP contribution in [0.25, 0.3) is 0 Å². The van der Waals surface area contributed by atoms with Crippen molar-refractivity contribution in [3.63, 3.8) is 0 Å². The summed E-state index contributed by atoms with van der Waals surface area (Å²) in [6.45, 7) is 0.517. The predicted octanol–water partition coefficient (Wildman–Crippen LogP) is 6.06. The summed E-state index contributed by atoms with van der Waals surface area (Å²) in [4.78, 5) is 31.3. The van der Waals surface area contributed by atoms with Crippen LogP contribution in [0.1, 0.15) is 38.4 Å². The SMILES string of the molecule is O=C(c1ccco1)N(CC(=O)N1CCc2sccc2C1c1ccc(Cl)cc1Cl)Cc1ccco1. The highest BCUT2D eigenvalue weighted by atomic mass is 35.5. The maximum atomic E-state index is 13.7. The van der Waals surface area contributed by atoms with Gasteiger partial charge in [0.15, 0.2) is 5.76 Å². The first kappa shape index (κ1) is 22.8. The van der Waals surface area contributed by atoms with E-state index in [-0.39, 0.29) is 36.7 Å². The summed E-state index contributed by atoms with van der Waals surface area (Å²) in [6.07, 6.45) is 3.71. The smallest absolute Gasteiger partial charge is 0.290 e. The molecule has 0 fully saturated rings. The molecular weight excluding hydrogens is 495 g/mol. The van der Waals surface area contributed by atoms with E-state index in [1.807, 2.05) is 17.5 Å². The Bertz CT molecular complexity index is 1300. The molecule has 0 radical (unpaired) electrons. The average Bonchev–Trinajstić information content (AvgIpc) is 3.60. The van der Waals surface area contributed by atoms with Gasteiger partial charge < -0.3 is 18.6 Å². The normalized spacial score (nSPS) is 15.2. The molecule has 1 aliphatic heterocycles. The molecule has 4 aromatic rings. The Balaban J connectivity index is 1.46. The van der Waals surface area contributed by atoms with Crippen molar-refractivity contribution >= 4 is 46.4 Å². The van der Waals surface area contributed by atoms with E-state index in [4.69, 9.17) is 32.0 Å². The van der Waals surface area contributed by atoms with Crippen molar-refractivity contribution in [2.75, 3.05) is 13.1 Å². The van der Waals surface area contributed by atoms with Crippen LogP contribution in [-0.4, -0.2) is 34.7 Å². The van der Waals surface area contributed by atoms with Crippen molar-refractivity contribution < 1.29 is 18.4 Å². The van der Waals surface area contributed by atoms with E-state index < -0.39 is 0 Å². The molecule has 4 heterocycles. The fraction of sp³-hybridized carbons (Fsp3) is 0.200. The molecule has 0 saturated heterocycles. The lowest BCUT2D eigenvalue weighted by Gasteiger charge is -2.37. The van der Waals surface area contributed by atoms with E-state index in [1.165, 1.54) is 22.3 Å². The molecule has 5 rings (SSSR count). The van der Waals surface area contributed by atoms with E-state index in [0.29, 0.717) is 22.4 Å². The third-order valence-corrected chi connectivity index (χ3v) is 7.37. The van der Waals surface area contributed by atoms with Gasteiger partial charge in [0.25, 0.3) is 5.91 Å². The lowest BCUT2D eigenvalue weighted by atomic mass is 9.93. The molecule has 2 amide bonds. The summed E-state index contributed by atoms with van der Waals surface area (Å²) in [7, 11) is 0. The Labute approximate surface area is 210 Å². The molecule has 0 bridgehead atoms. The summed E-state index contributed by atoms with van der Waals surface area (Å²) >= 11 is 14.4. The summed E-state index contributed by atoms with van der Waals surface area (Å²) < 4.78 is 10.7. The van der Waals surface area contributed by atoms with Gasteiger partial charge in [-0.3, -0.25) is 9.59 Å². The van der Waals surface area contributed by atoms with Gasteiger partial charge in [-0.1, -0.05) is 29.3 Å². The molecule has 0 saturated carbocycles. The Morgan fingerprint density at radius 2 is 1.88 bits per heavy atom. The van der Waals surface area contributed by atoms with E-state index in [9.17, 15) is 9.59 Å². The van der Waals surface area contributed by atoms with Crippen LogP contribution in [0.3, 0.4) is 0 Å². The molecule has 0 aliphatic carbocycles.